The third kappa shape index (κ3) is 5.06. The molecule has 5 rings (SSSR count). The van der Waals surface area contributed by atoms with Gasteiger partial charge in [-0.1, -0.05) is 6.92 Å². The first kappa shape index (κ1) is 24.2. The van der Waals surface area contributed by atoms with Crippen molar-refractivity contribution in [3.63, 3.8) is 0 Å². The Hall–Kier alpha value is -3.48. The molecule has 2 aromatic carbocycles. The molecule has 0 radical (unpaired) electrons. The Kier molecular flexibility index (Phi) is 6.90. The standard InChI is InChI=1S/C29H33FN4O2/c1-17(28(35)34-27-15-20(9-11-25(27)31)29(36)33-22-3-2-4-22)18-5-7-19(8-6-18)23-13-14-32-26-12-10-21(30)16-24(23)26/h9-19,22H,2-8,31H2,1H3,(H,33,36)(H,34,35). The van der Waals surface area contributed by atoms with Crippen LogP contribution in [0.3, 0.4) is 0 Å². The Morgan fingerprint density at radius 3 is 2.53 bits per heavy atom. The number of nitrogen functional groups attached to an aromatic ring is 1. The highest BCUT2D eigenvalue weighted by molar-refractivity contribution is 6.00. The molecule has 188 valence electrons. The number of nitrogens with two attached hydrogens (primary N) is 1. The van der Waals surface area contributed by atoms with Crippen molar-refractivity contribution in [3.8, 4) is 0 Å². The molecular formula is C29H33FN4O2. The summed E-state index contributed by atoms with van der Waals surface area (Å²) in [6, 6.07) is 12.0. The molecule has 2 amide bonds. The van der Waals surface area contributed by atoms with E-state index in [1.54, 1.807) is 36.5 Å². The van der Waals surface area contributed by atoms with E-state index in [4.69, 9.17) is 5.73 Å². The summed E-state index contributed by atoms with van der Waals surface area (Å²) in [7, 11) is 0. The lowest BCUT2D eigenvalue weighted by atomic mass is 9.73. The Bertz CT molecular complexity index is 1280. The average molecular weight is 489 g/mol. The third-order valence-electron chi connectivity index (χ3n) is 8.08. The molecule has 6 nitrogen and oxygen atoms in total. The molecule has 0 spiro atoms. The summed E-state index contributed by atoms with van der Waals surface area (Å²) in [5, 5.41) is 6.86. The number of benzene rings is 2. The van der Waals surface area contributed by atoms with Crippen LogP contribution in [-0.2, 0) is 4.79 Å². The molecule has 7 heteroatoms. The number of fused-ring (bicyclic) bond motifs is 1. The van der Waals surface area contributed by atoms with Gasteiger partial charge < -0.3 is 16.4 Å². The van der Waals surface area contributed by atoms with Crippen molar-refractivity contribution >= 4 is 34.1 Å². The number of pyridine rings is 1. The van der Waals surface area contributed by atoms with E-state index in [0.717, 1.165) is 61.4 Å². The van der Waals surface area contributed by atoms with Crippen LogP contribution < -0.4 is 16.4 Å². The van der Waals surface area contributed by atoms with Crippen LogP contribution in [0, 0.1) is 17.7 Å². The van der Waals surface area contributed by atoms with Crippen LogP contribution in [0.2, 0.25) is 0 Å². The first-order valence-corrected chi connectivity index (χ1v) is 12.9. The van der Waals surface area contributed by atoms with Gasteiger partial charge in [-0.05, 0) is 105 Å². The van der Waals surface area contributed by atoms with Crippen LogP contribution in [0.1, 0.15) is 73.7 Å². The molecule has 1 atom stereocenters. The van der Waals surface area contributed by atoms with Gasteiger partial charge in [0.15, 0.2) is 0 Å². The number of aromatic nitrogens is 1. The van der Waals surface area contributed by atoms with Gasteiger partial charge in [0.05, 0.1) is 16.9 Å². The van der Waals surface area contributed by atoms with Gasteiger partial charge in [0.2, 0.25) is 5.91 Å². The molecule has 1 unspecified atom stereocenters. The second-order valence-electron chi connectivity index (χ2n) is 10.4. The fourth-order valence-electron chi connectivity index (χ4n) is 5.51. The lowest BCUT2D eigenvalue weighted by Crippen LogP contribution is -2.39. The van der Waals surface area contributed by atoms with Gasteiger partial charge in [0.25, 0.3) is 5.91 Å². The van der Waals surface area contributed by atoms with Crippen molar-refractivity contribution in [1.29, 1.82) is 0 Å². The summed E-state index contributed by atoms with van der Waals surface area (Å²) >= 11 is 0. The first-order chi connectivity index (χ1) is 17.4. The molecule has 36 heavy (non-hydrogen) atoms. The predicted molar refractivity (Wildman–Crippen MR) is 140 cm³/mol. The van der Waals surface area contributed by atoms with Crippen LogP contribution in [0.5, 0.6) is 0 Å². The number of anilines is 2. The van der Waals surface area contributed by atoms with E-state index in [0.29, 0.717) is 22.9 Å². The number of carbonyl (C=O) groups is 2. The quantitative estimate of drug-likeness (QED) is 0.383. The average Bonchev–Trinajstić information content (AvgIpc) is 2.86. The van der Waals surface area contributed by atoms with Crippen LogP contribution in [0.15, 0.2) is 48.7 Å². The molecule has 0 bridgehead atoms. The van der Waals surface area contributed by atoms with Gasteiger partial charge in [-0.3, -0.25) is 14.6 Å². The van der Waals surface area contributed by atoms with Crippen LogP contribution in [0.4, 0.5) is 15.8 Å². The molecule has 4 N–H and O–H groups in total. The normalized spacial score (nSPS) is 20.9. The minimum Gasteiger partial charge on any atom is -0.397 e. The molecule has 2 fully saturated rings. The lowest BCUT2D eigenvalue weighted by Gasteiger charge is -2.32. The number of nitrogens with zero attached hydrogens (tertiary/aromatic N) is 1. The molecular weight excluding hydrogens is 455 g/mol. The van der Waals surface area contributed by atoms with E-state index < -0.39 is 0 Å². The van der Waals surface area contributed by atoms with Crippen molar-refractivity contribution in [2.24, 2.45) is 11.8 Å². The largest absolute Gasteiger partial charge is 0.397 e. The van der Waals surface area contributed by atoms with Crippen LogP contribution in [-0.4, -0.2) is 22.8 Å². The zero-order chi connectivity index (χ0) is 25.2. The van der Waals surface area contributed by atoms with E-state index >= 15 is 0 Å². The molecule has 2 aliphatic carbocycles. The van der Waals surface area contributed by atoms with Gasteiger partial charge in [0, 0.05) is 29.1 Å². The monoisotopic (exact) mass is 488 g/mol. The second kappa shape index (κ2) is 10.2. The Morgan fingerprint density at radius 2 is 1.81 bits per heavy atom. The second-order valence-corrected chi connectivity index (χ2v) is 10.4. The maximum absolute atomic E-state index is 13.9. The van der Waals surface area contributed by atoms with E-state index in [-0.39, 0.29) is 35.5 Å². The maximum atomic E-state index is 13.9. The van der Waals surface area contributed by atoms with E-state index in [2.05, 4.69) is 15.6 Å². The van der Waals surface area contributed by atoms with Crippen molar-refractivity contribution in [1.82, 2.24) is 10.3 Å². The summed E-state index contributed by atoms with van der Waals surface area (Å²) in [4.78, 5) is 30.0. The zero-order valence-electron chi connectivity index (χ0n) is 20.6. The fraction of sp³-hybridized carbons (Fsp3) is 0.414. The van der Waals surface area contributed by atoms with Crippen molar-refractivity contribution in [2.75, 3.05) is 11.1 Å². The number of rotatable bonds is 6. The molecule has 2 aliphatic rings. The van der Waals surface area contributed by atoms with Gasteiger partial charge in [0.1, 0.15) is 5.82 Å². The molecule has 1 heterocycles. The van der Waals surface area contributed by atoms with Gasteiger partial charge in [-0.15, -0.1) is 0 Å². The highest BCUT2D eigenvalue weighted by Crippen LogP contribution is 2.41. The number of hydrogen-bond acceptors (Lipinski definition) is 4. The number of amides is 2. The predicted octanol–water partition coefficient (Wildman–Crippen LogP) is 5.79. The topological polar surface area (TPSA) is 97.1 Å². The Labute approximate surface area is 210 Å². The van der Waals surface area contributed by atoms with Gasteiger partial charge >= 0.3 is 0 Å². The van der Waals surface area contributed by atoms with E-state index in [9.17, 15) is 14.0 Å². The summed E-state index contributed by atoms with van der Waals surface area (Å²) in [6.07, 6.45) is 8.67. The molecule has 0 saturated heterocycles. The highest BCUT2D eigenvalue weighted by Gasteiger charge is 2.31. The van der Waals surface area contributed by atoms with Gasteiger partial charge in [-0.25, -0.2) is 4.39 Å². The summed E-state index contributed by atoms with van der Waals surface area (Å²) < 4.78 is 13.9. The smallest absolute Gasteiger partial charge is 0.251 e. The van der Waals surface area contributed by atoms with Crippen molar-refractivity contribution < 1.29 is 14.0 Å². The van der Waals surface area contributed by atoms with Crippen LogP contribution in [0.25, 0.3) is 10.9 Å². The fourth-order valence-corrected chi connectivity index (χ4v) is 5.51. The number of hydrogen-bond donors (Lipinski definition) is 3. The lowest BCUT2D eigenvalue weighted by molar-refractivity contribution is -0.121. The molecule has 1 aromatic heterocycles. The summed E-state index contributed by atoms with van der Waals surface area (Å²) in [5.41, 5.74) is 9.48. The summed E-state index contributed by atoms with van der Waals surface area (Å²) in [6.45, 7) is 1.96. The SMILES string of the molecule is CC(C(=O)Nc1cc(C(=O)NC2CCC2)ccc1N)C1CCC(c2ccnc3ccc(F)cc23)CC1. The van der Waals surface area contributed by atoms with Crippen molar-refractivity contribution in [3.05, 3.63) is 65.6 Å². The Morgan fingerprint density at radius 1 is 1.03 bits per heavy atom. The highest BCUT2D eigenvalue weighted by atomic mass is 19.1. The number of halogens is 1. The maximum Gasteiger partial charge on any atom is 0.251 e. The van der Waals surface area contributed by atoms with E-state index in [1.165, 1.54) is 6.07 Å². The molecule has 0 aliphatic heterocycles. The molecule has 2 saturated carbocycles. The van der Waals surface area contributed by atoms with Crippen LogP contribution >= 0.6 is 0 Å². The minimum atomic E-state index is -0.250. The minimum absolute atomic E-state index is 0.0851. The zero-order valence-corrected chi connectivity index (χ0v) is 20.6. The first-order valence-electron chi connectivity index (χ1n) is 12.9. The molecule has 3 aromatic rings. The van der Waals surface area contributed by atoms with Gasteiger partial charge in [-0.2, -0.15) is 0 Å². The van der Waals surface area contributed by atoms with Crippen molar-refractivity contribution in [2.45, 2.75) is 63.8 Å². The number of nitrogens with one attached hydrogen (secondary N) is 2. The third-order valence-corrected chi connectivity index (χ3v) is 8.08. The summed E-state index contributed by atoms with van der Waals surface area (Å²) in [5.74, 6) is -0.0880. The number of carbonyl (C=O) groups excluding carboxylic acids is 2. The Balaban J connectivity index is 1.21. The van der Waals surface area contributed by atoms with E-state index in [1.807, 2.05) is 13.0 Å².